The summed E-state index contributed by atoms with van der Waals surface area (Å²) >= 11 is 5.59. The van der Waals surface area contributed by atoms with E-state index in [-0.39, 0.29) is 0 Å². The highest BCUT2D eigenvalue weighted by atomic mass is 35.5. The molecule has 2 rings (SSSR count). The fourth-order valence-corrected chi connectivity index (χ4v) is 1.91. The molecule has 1 aromatic heterocycles. The molecule has 1 fully saturated rings. The zero-order chi connectivity index (χ0) is 8.39. The molecule has 1 aliphatic carbocycles. The van der Waals surface area contributed by atoms with Gasteiger partial charge in [-0.3, -0.25) is 0 Å². The van der Waals surface area contributed by atoms with Gasteiger partial charge in [0.15, 0.2) is 0 Å². The largest absolute Gasteiger partial charge is 0.444 e. The Morgan fingerprint density at radius 1 is 1.50 bits per heavy atom. The van der Waals surface area contributed by atoms with E-state index in [9.17, 15) is 0 Å². The Balaban J connectivity index is 2.11. The van der Waals surface area contributed by atoms with E-state index in [1.54, 1.807) is 0 Å². The lowest BCUT2D eigenvalue weighted by atomic mass is 10.1. The summed E-state index contributed by atoms with van der Waals surface area (Å²) in [5.41, 5.74) is 0. The van der Waals surface area contributed by atoms with Gasteiger partial charge in [0.05, 0.1) is 12.1 Å². The number of halogens is 1. The molecule has 1 saturated carbocycles. The smallest absolute Gasteiger partial charge is 0.209 e. The van der Waals surface area contributed by atoms with Crippen LogP contribution in [0, 0.1) is 0 Å². The van der Waals surface area contributed by atoms with Crippen LogP contribution in [0.15, 0.2) is 10.6 Å². The second-order valence-corrected chi connectivity index (χ2v) is 3.54. The van der Waals surface area contributed by atoms with E-state index in [2.05, 4.69) is 4.98 Å². The van der Waals surface area contributed by atoms with Gasteiger partial charge in [0.2, 0.25) is 5.89 Å². The normalized spacial score (nSPS) is 18.8. The molecule has 0 aromatic carbocycles. The molecule has 2 nitrogen and oxygen atoms in total. The van der Waals surface area contributed by atoms with Gasteiger partial charge in [-0.05, 0) is 12.8 Å². The standard InChI is InChI=1S/C9H12ClNO/c10-5-9-11-6-8(12-9)7-3-1-2-4-7/h6-7H,1-5H2. The second-order valence-electron chi connectivity index (χ2n) is 3.27. The summed E-state index contributed by atoms with van der Waals surface area (Å²) in [6.45, 7) is 0. The van der Waals surface area contributed by atoms with Gasteiger partial charge in [0.1, 0.15) is 5.76 Å². The van der Waals surface area contributed by atoms with Crippen molar-refractivity contribution in [2.24, 2.45) is 0 Å². The van der Waals surface area contributed by atoms with Crippen LogP contribution < -0.4 is 0 Å². The lowest BCUT2D eigenvalue weighted by molar-refractivity contribution is 0.436. The van der Waals surface area contributed by atoms with Crippen LogP contribution in [-0.4, -0.2) is 4.98 Å². The van der Waals surface area contributed by atoms with E-state index in [1.165, 1.54) is 25.7 Å². The van der Waals surface area contributed by atoms with Crippen molar-refractivity contribution in [3.8, 4) is 0 Å². The van der Waals surface area contributed by atoms with Crippen LogP contribution in [0.4, 0.5) is 0 Å². The van der Waals surface area contributed by atoms with Crippen LogP contribution in [0.1, 0.15) is 43.3 Å². The highest BCUT2D eigenvalue weighted by Crippen LogP contribution is 2.34. The first-order valence-corrected chi connectivity index (χ1v) is 4.94. The number of rotatable bonds is 2. The maximum Gasteiger partial charge on any atom is 0.209 e. The summed E-state index contributed by atoms with van der Waals surface area (Å²) in [5.74, 6) is 2.67. The summed E-state index contributed by atoms with van der Waals surface area (Å²) in [4.78, 5) is 4.08. The topological polar surface area (TPSA) is 26.0 Å². The third-order valence-electron chi connectivity index (χ3n) is 2.44. The van der Waals surface area contributed by atoms with E-state index in [0.29, 0.717) is 17.7 Å². The number of aromatic nitrogens is 1. The predicted molar refractivity (Wildman–Crippen MR) is 47.3 cm³/mol. The fraction of sp³-hybridized carbons (Fsp3) is 0.667. The zero-order valence-electron chi connectivity index (χ0n) is 6.92. The average Bonchev–Trinajstić information content (AvgIpc) is 2.75. The molecule has 0 atom stereocenters. The first kappa shape index (κ1) is 8.11. The molecule has 0 saturated heterocycles. The van der Waals surface area contributed by atoms with Crippen molar-refractivity contribution >= 4 is 11.6 Å². The van der Waals surface area contributed by atoms with Crippen LogP contribution in [0.2, 0.25) is 0 Å². The quantitative estimate of drug-likeness (QED) is 0.662. The minimum atomic E-state index is 0.382. The summed E-state index contributed by atoms with van der Waals surface area (Å²) in [6, 6.07) is 0. The Morgan fingerprint density at radius 2 is 2.25 bits per heavy atom. The minimum Gasteiger partial charge on any atom is -0.444 e. The molecule has 66 valence electrons. The SMILES string of the molecule is ClCc1ncc(C2CCCC2)o1. The van der Waals surface area contributed by atoms with Crippen molar-refractivity contribution in [2.75, 3.05) is 0 Å². The molecule has 0 unspecified atom stereocenters. The number of hydrogen-bond acceptors (Lipinski definition) is 2. The number of alkyl halides is 1. The van der Waals surface area contributed by atoms with Gasteiger partial charge in [-0.1, -0.05) is 12.8 Å². The van der Waals surface area contributed by atoms with Gasteiger partial charge < -0.3 is 4.42 Å². The molecule has 0 amide bonds. The molecule has 0 N–H and O–H groups in total. The maximum atomic E-state index is 5.59. The fourth-order valence-electron chi connectivity index (χ4n) is 1.79. The molecular formula is C9H12ClNO. The summed E-state index contributed by atoms with van der Waals surface area (Å²) in [7, 11) is 0. The minimum absolute atomic E-state index is 0.382. The van der Waals surface area contributed by atoms with Crippen LogP contribution in [0.25, 0.3) is 0 Å². The van der Waals surface area contributed by atoms with Crippen molar-refractivity contribution in [1.29, 1.82) is 0 Å². The van der Waals surface area contributed by atoms with Gasteiger partial charge in [-0.25, -0.2) is 4.98 Å². The molecule has 12 heavy (non-hydrogen) atoms. The van der Waals surface area contributed by atoms with E-state index < -0.39 is 0 Å². The molecule has 0 radical (unpaired) electrons. The maximum absolute atomic E-state index is 5.59. The molecule has 0 bridgehead atoms. The lowest BCUT2D eigenvalue weighted by Gasteiger charge is -2.01. The molecule has 1 aliphatic rings. The Hall–Kier alpha value is -0.500. The van der Waals surface area contributed by atoms with Gasteiger partial charge in [-0.2, -0.15) is 0 Å². The van der Waals surface area contributed by atoms with E-state index in [1.807, 2.05) is 6.20 Å². The van der Waals surface area contributed by atoms with Gasteiger partial charge in [0.25, 0.3) is 0 Å². The highest BCUT2D eigenvalue weighted by molar-refractivity contribution is 6.16. The molecule has 0 aliphatic heterocycles. The average molecular weight is 186 g/mol. The summed E-state index contributed by atoms with van der Waals surface area (Å²) < 4.78 is 5.47. The van der Waals surface area contributed by atoms with Crippen LogP contribution in [-0.2, 0) is 5.88 Å². The molecule has 3 heteroatoms. The first-order valence-electron chi connectivity index (χ1n) is 4.40. The number of hydrogen-bond donors (Lipinski definition) is 0. The first-order chi connectivity index (χ1) is 5.90. The molecule has 0 spiro atoms. The van der Waals surface area contributed by atoms with E-state index >= 15 is 0 Å². The third kappa shape index (κ3) is 1.48. The third-order valence-corrected chi connectivity index (χ3v) is 2.67. The van der Waals surface area contributed by atoms with Crippen molar-refractivity contribution in [2.45, 2.75) is 37.5 Å². The predicted octanol–water partition coefficient (Wildman–Crippen LogP) is 3.07. The monoisotopic (exact) mass is 185 g/mol. The Kier molecular flexibility index (Phi) is 2.35. The van der Waals surface area contributed by atoms with Crippen molar-refractivity contribution in [3.05, 3.63) is 17.8 Å². The van der Waals surface area contributed by atoms with E-state index in [0.717, 1.165) is 5.76 Å². The van der Waals surface area contributed by atoms with Gasteiger partial charge in [-0.15, -0.1) is 11.6 Å². The summed E-state index contributed by atoms with van der Waals surface area (Å²) in [6.07, 6.45) is 6.96. The second kappa shape index (κ2) is 3.48. The highest BCUT2D eigenvalue weighted by Gasteiger charge is 2.20. The molecule has 1 aromatic rings. The Bertz CT molecular complexity index is 253. The summed E-state index contributed by atoms with van der Waals surface area (Å²) in [5, 5.41) is 0. The van der Waals surface area contributed by atoms with Crippen LogP contribution >= 0.6 is 11.6 Å². The number of oxazole rings is 1. The van der Waals surface area contributed by atoms with Crippen molar-refractivity contribution < 1.29 is 4.42 Å². The Morgan fingerprint density at radius 3 is 2.83 bits per heavy atom. The zero-order valence-corrected chi connectivity index (χ0v) is 7.68. The van der Waals surface area contributed by atoms with E-state index in [4.69, 9.17) is 16.0 Å². The lowest BCUT2D eigenvalue weighted by Crippen LogP contribution is -1.87. The van der Waals surface area contributed by atoms with Crippen molar-refractivity contribution in [3.63, 3.8) is 0 Å². The van der Waals surface area contributed by atoms with Gasteiger partial charge >= 0.3 is 0 Å². The molecular weight excluding hydrogens is 174 g/mol. The molecule has 1 heterocycles. The van der Waals surface area contributed by atoms with Crippen LogP contribution in [0.3, 0.4) is 0 Å². The van der Waals surface area contributed by atoms with Gasteiger partial charge in [0, 0.05) is 5.92 Å². The number of nitrogens with zero attached hydrogens (tertiary/aromatic N) is 1. The Labute approximate surface area is 76.9 Å². The van der Waals surface area contributed by atoms with Crippen LogP contribution in [0.5, 0.6) is 0 Å². The van der Waals surface area contributed by atoms with Crippen molar-refractivity contribution in [1.82, 2.24) is 4.98 Å².